The third-order valence-corrected chi connectivity index (χ3v) is 6.11. The Morgan fingerprint density at radius 3 is 2.52 bits per heavy atom. The number of rotatable bonds is 9. The first-order chi connectivity index (χ1) is 15.7. The van der Waals surface area contributed by atoms with Gasteiger partial charge in [0, 0.05) is 36.3 Å². The highest BCUT2D eigenvalue weighted by molar-refractivity contribution is 7.99. The van der Waals surface area contributed by atoms with Crippen molar-refractivity contribution in [2.45, 2.75) is 24.9 Å². The van der Waals surface area contributed by atoms with Crippen molar-refractivity contribution in [2.75, 3.05) is 16.4 Å². The molecule has 3 N–H and O–H groups in total. The number of carboxylic acids is 1. The first-order valence-electron chi connectivity index (χ1n) is 9.93. The number of carboxylic acid groups (broad SMARTS) is 1. The van der Waals surface area contributed by atoms with E-state index in [1.807, 2.05) is 13.0 Å². The Balaban J connectivity index is 1.49. The standard InChI is InChI=1S/C22H22ClN5O4S/c1-13-6-7-16(11-17(13)23)24-19(29)9-8-18-26-27-22(28(18)2)33-12-20(30)25-15-5-3-4-14(10-15)21(31)32/h3-7,10-11H,8-9,12H2,1-2H3,(H,24,29)(H,25,30)(H,31,32). The Kier molecular flexibility index (Phi) is 8.07. The molecule has 3 rings (SSSR count). The zero-order valence-corrected chi connectivity index (χ0v) is 19.5. The van der Waals surface area contributed by atoms with Crippen molar-refractivity contribution < 1.29 is 19.5 Å². The molecule has 0 saturated carbocycles. The summed E-state index contributed by atoms with van der Waals surface area (Å²) < 4.78 is 1.74. The molecule has 0 unspecified atom stereocenters. The van der Waals surface area contributed by atoms with E-state index in [1.165, 1.54) is 23.9 Å². The fourth-order valence-corrected chi connectivity index (χ4v) is 3.78. The molecule has 2 aromatic carbocycles. The Hall–Kier alpha value is -3.37. The molecule has 11 heteroatoms. The van der Waals surface area contributed by atoms with Crippen LogP contribution in [0, 0.1) is 6.92 Å². The second kappa shape index (κ2) is 11.0. The second-order valence-corrected chi connectivity index (χ2v) is 8.54. The van der Waals surface area contributed by atoms with Gasteiger partial charge in [0.05, 0.1) is 11.3 Å². The maximum atomic E-state index is 12.2. The highest BCUT2D eigenvalue weighted by Gasteiger charge is 2.14. The molecule has 1 aromatic heterocycles. The van der Waals surface area contributed by atoms with Crippen molar-refractivity contribution in [1.29, 1.82) is 0 Å². The van der Waals surface area contributed by atoms with Crippen LogP contribution >= 0.6 is 23.4 Å². The van der Waals surface area contributed by atoms with Crippen LogP contribution in [-0.2, 0) is 23.1 Å². The minimum Gasteiger partial charge on any atom is -0.478 e. The van der Waals surface area contributed by atoms with Crippen molar-refractivity contribution in [3.8, 4) is 0 Å². The Labute approximate surface area is 199 Å². The van der Waals surface area contributed by atoms with Gasteiger partial charge in [-0.2, -0.15) is 0 Å². The van der Waals surface area contributed by atoms with E-state index in [4.69, 9.17) is 16.7 Å². The zero-order chi connectivity index (χ0) is 24.0. The van der Waals surface area contributed by atoms with Gasteiger partial charge in [0.25, 0.3) is 0 Å². The van der Waals surface area contributed by atoms with Gasteiger partial charge in [-0.05, 0) is 42.8 Å². The second-order valence-electron chi connectivity index (χ2n) is 7.19. The summed E-state index contributed by atoms with van der Waals surface area (Å²) >= 11 is 7.27. The molecule has 0 aliphatic heterocycles. The molecule has 0 bridgehead atoms. The van der Waals surface area contributed by atoms with E-state index in [0.29, 0.717) is 33.8 Å². The number of thioether (sulfide) groups is 1. The third kappa shape index (κ3) is 6.80. The molecule has 0 spiro atoms. The number of carbonyl (C=O) groups is 3. The van der Waals surface area contributed by atoms with Gasteiger partial charge < -0.3 is 20.3 Å². The molecule has 0 aliphatic rings. The average Bonchev–Trinajstić information content (AvgIpc) is 3.13. The minimum absolute atomic E-state index is 0.0674. The third-order valence-electron chi connectivity index (χ3n) is 4.68. The number of amides is 2. The number of carbonyl (C=O) groups excluding carboxylic acids is 2. The van der Waals surface area contributed by atoms with Crippen LogP contribution in [0.2, 0.25) is 5.02 Å². The normalized spacial score (nSPS) is 10.6. The molecule has 9 nitrogen and oxygen atoms in total. The van der Waals surface area contributed by atoms with Crippen LogP contribution < -0.4 is 10.6 Å². The number of benzene rings is 2. The number of aromatic carboxylic acids is 1. The summed E-state index contributed by atoms with van der Waals surface area (Å²) in [6.07, 6.45) is 0.589. The number of hydrogen-bond donors (Lipinski definition) is 3. The van der Waals surface area contributed by atoms with Gasteiger partial charge >= 0.3 is 5.97 Å². The van der Waals surface area contributed by atoms with Gasteiger partial charge in [-0.1, -0.05) is 35.5 Å². The molecule has 172 valence electrons. The molecular weight excluding hydrogens is 466 g/mol. The molecule has 0 atom stereocenters. The zero-order valence-electron chi connectivity index (χ0n) is 18.0. The first-order valence-corrected chi connectivity index (χ1v) is 11.3. The van der Waals surface area contributed by atoms with Crippen LogP contribution in [0.1, 0.15) is 28.2 Å². The molecule has 0 fully saturated rings. The van der Waals surface area contributed by atoms with Gasteiger partial charge in [0.1, 0.15) is 5.82 Å². The van der Waals surface area contributed by atoms with E-state index in [-0.39, 0.29) is 29.6 Å². The van der Waals surface area contributed by atoms with Crippen LogP contribution in [0.15, 0.2) is 47.6 Å². The number of aryl methyl sites for hydroxylation is 2. The molecule has 0 aliphatic carbocycles. The lowest BCUT2D eigenvalue weighted by atomic mass is 10.2. The van der Waals surface area contributed by atoms with Crippen LogP contribution in [-0.4, -0.2) is 43.4 Å². The van der Waals surface area contributed by atoms with Gasteiger partial charge in [-0.25, -0.2) is 4.79 Å². The minimum atomic E-state index is -1.07. The van der Waals surface area contributed by atoms with Crippen LogP contribution in [0.25, 0.3) is 0 Å². The van der Waals surface area contributed by atoms with Crippen molar-refractivity contribution in [2.24, 2.45) is 7.05 Å². The number of hydrogen-bond acceptors (Lipinski definition) is 6. The number of aromatic nitrogens is 3. The van der Waals surface area contributed by atoms with Crippen molar-refractivity contribution in [3.05, 3.63) is 64.4 Å². The van der Waals surface area contributed by atoms with E-state index in [2.05, 4.69) is 20.8 Å². The summed E-state index contributed by atoms with van der Waals surface area (Å²) in [5.74, 6) is -0.858. The SMILES string of the molecule is Cc1ccc(NC(=O)CCc2nnc(SCC(=O)Nc3cccc(C(=O)O)c3)n2C)cc1Cl. The molecule has 3 aromatic rings. The van der Waals surface area contributed by atoms with Crippen LogP contribution in [0.4, 0.5) is 11.4 Å². The van der Waals surface area contributed by atoms with Crippen molar-refractivity contribution >= 4 is 52.5 Å². The smallest absolute Gasteiger partial charge is 0.335 e. The number of nitrogens with zero attached hydrogens (tertiary/aromatic N) is 3. The van der Waals surface area contributed by atoms with E-state index >= 15 is 0 Å². The van der Waals surface area contributed by atoms with E-state index < -0.39 is 5.97 Å². The summed E-state index contributed by atoms with van der Waals surface area (Å²) in [6.45, 7) is 1.89. The lowest BCUT2D eigenvalue weighted by Gasteiger charge is -2.07. The first kappa shape index (κ1) is 24.3. The van der Waals surface area contributed by atoms with Crippen LogP contribution in [0.3, 0.4) is 0 Å². The summed E-state index contributed by atoms with van der Waals surface area (Å²) in [6, 6.07) is 11.3. The lowest BCUT2D eigenvalue weighted by Crippen LogP contribution is -2.15. The van der Waals surface area contributed by atoms with E-state index in [9.17, 15) is 14.4 Å². The summed E-state index contributed by atoms with van der Waals surface area (Å²) in [4.78, 5) is 35.5. The topological polar surface area (TPSA) is 126 Å². The Morgan fingerprint density at radius 2 is 1.79 bits per heavy atom. The number of halogens is 1. The van der Waals surface area contributed by atoms with Gasteiger partial charge in [0.15, 0.2) is 5.16 Å². The maximum Gasteiger partial charge on any atom is 0.335 e. The molecule has 1 heterocycles. The van der Waals surface area contributed by atoms with Gasteiger partial charge in [-0.15, -0.1) is 10.2 Å². The Morgan fingerprint density at radius 1 is 1.06 bits per heavy atom. The molecular formula is C22H22ClN5O4S. The van der Waals surface area contributed by atoms with Crippen LogP contribution in [0.5, 0.6) is 0 Å². The predicted octanol–water partition coefficient (Wildman–Crippen LogP) is 3.78. The van der Waals surface area contributed by atoms with Gasteiger partial charge in [-0.3, -0.25) is 9.59 Å². The average molecular weight is 488 g/mol. The van der Waals surface area contributed by atoms with E-state index in [1.54, 1.807) is 35.9 Å². The summed E-state index contributed by atoms with van der Waals surface area (Å²) in [7, 11) is 1.77. The molecule has 2 amide bonds. The fraction of sp³-hybridized carbons (Fsp3) is 0.227. The predicted molar refractivity (Wildman–Crippen MR) is 127 cm³/mol. The molecule has 33 heavy (non-hydrogen) atoms. The lowest BCUT2D eigenvalue weighted by molar-refractivity contribution is -0.116. The quantitative estimate of drug-likeness (QED) is 0.392. The summed E-state index contributed by atoms with van der Waals surface area (Å²) in [5.41, 5.74) is 2.05. The summed E-state index contributed by atoms with van der Waals surface area (Å²) in [5, 5.41) is 23.8. The molecule has 0 radical (unpaired) electrons. The number of anilines is 2. The van der Waals surface area contributed by atoms with E-state index in [0.717, 1.165) is 5.56 Å². The van der Waals surface area contributed by atoms with Gasteiger partial charge in [0.2, 0.25) is 11.8 Å². The monoisotopic (exact) mass is 487 g/mol. The van der Waals surface area contributed by atoms with Crippen molar-refractivity contribution in [1.82, 2.24) is 14.8 Å². The largest absolute Gasteiger partial charge is 0.478 e. The molecule has 0 saturated heterocycles. The van der Waals surface area contributed by atoms with Crippen molar-refractivity contribution in [3.63, 3.8) is 0 Å². The fourth-order valence-electron chi connectivity index (χ4n) is 2.87. The highest BCUT2D eigenvalue weighted by atomic mass is 35.5. The highest BCUT2D eigenvalue weighted by Crippen LogP contribution is 2.21. The maximum absolute atomic E-state index is 12.2. The number of nitrogens with one attached hydrogen (secondary N) is 2. The Bertz CT molecular complexity index is 1200.